The van der Waals surface area contributed by atoms with E-state index < -0.39 is 0 Å². The van der Waals surface area contributed by atoms with Crippen LogP contribution in [0.25, 0.3) is 269 Å². The van der Waals surface area contributed by atoms with Crippen LogP contribution in [0.15, 0.2) is 522 Å². The van der Waals surface area contributed by atoms with Crippen LogP contribution in [0.5, 0.6) is 0 Å². The van der Waals surface area contributed by atoms with Gasteiger partial charge in [-0.15, -0.1) is 34.0 Å². The molecule has 28 rings (SSSR count). The number of fused-ring (bicyclic) bond motifs is 16. The topological polar surface area (TPSA) is 0 Å². The van der Waals surface area contributed by atoms with Crippen molar-refractivity contribution in [2.45, 2.75) is 7.40 Å². The molecule has 0 saturated carbocycles. The lowest BCUT2D eigenvalue weighted by molar-refractivity contribution is 1.61. The summed E-state index contributed by atoms with van der Waals surface area (Å²) in [7, 11) is 1.25. The fraction of sp³-hybridized carbons (Fsp3) is 0.00730. The Balaban J connectivity index is 0.000000117. The maximum Gasteiger partial charge on any atom is 0.0434 e. The second-order valence-corrected chi connectivity index (χ2v) is 39.2. The van der Waals surface area contributed by atoms with Crippen molar-refractivity contribution >= 4 is 170 Å². The van der Waals surface area contributed by atoms with E-state index in [0.717, 1.165) is 0 Å². The van der Waals surface area contributed by atoms with Gasteiger partial charge in [-0.3, -0.25) is 0 Å². The van der Waals surface area contributed by atoms with Gasteiger partial charge in [-0.2, -0.15) is 0 Å². The van der Waals surface area contributed by atoms with Crippen LogP contribution in [0.1, 0.15) is 14.7 Å². The fourth-order valence-corrected chi connectivity index (χ4v) is 25.7. The first kappa shape index (κ1) is 81.3. The highest BCUT2D eigenvalue weighted by Gasteiger charge is 2.25. The van der Waals surface area contributed by atoms with Gasteiger partial charge in [0.1, 0.15) is 0 Å². The van der Waals surface area contributed by atoms with Crippen LogP contribution in [0.4, 0.5) is 0 Å². The molecule has 0 atom stereocenters. The fourth-order valence-electron chi connectivity index (χ4n) is 22.1. The van der Waals surface area contributed by atoms with Crippen molar-refractivity contribution in [1.29, 1.82) is 0 Å². The van der Waals surface area contributed by atoms with E-state index in [0.29, 0.717) is 0 Å². The van der Waals surface area contributed by atoms with E-state index >= 15 is 0 Å². The third kappa shape index (κ3) is 14.8. The van der Waals surface area contributed by atoms with Gasteiger partial charge in [0.15, 0.2) is 0 Å². The summed E-state index contributed by atoms with van der Waals surface area (Å²) in [6.07, 6.45) is 0. The van der Waals surface area contributed by atoms with Crippen molar-refractivity contribution in [3.8, 4) is 134 Å². The first-order chi connectivity index (χ1) is 72.0. The van der Waals surface area contributed by atoms with E-state index in [-0.39, 0.29) is 0 Å². The van der Waals surface area contributed by atoms with Crippen molar-refractivity contribution in [2.75, 3.05) is 0 Å². The molecule has 0 bridgehead atoms. The van der Waals surface area contributed by atoms with Gasteiger partial charge in [-0.1, -0.05) is 505 Å². The normalized spacial score (nSPS) is 11.7. The van der Waals surface area contributed by atoms with Crippen molar-refractivity contribution in [2.24, 2.45) is 0 Å². The molecular formula is C137H94S3. The molecule has 0 amide bonds. The van der Waals surface area contributed by atoms with Crippen LogP contribution in [-0.4, -0.2) is 0 Å². The minimum atomic E-state index is 1.23. The van der Waals surface area contributed by atoms with Crippen LogP contribution >= 0.6 is 34.0 Å². The number of benzene rings is 25. The molecule has 3 heteroatoms. The average molecular weight is 1840 g/mol. The molecule has 0 spiro atoms. The van der Waals surface area contributed by atoms with Gasteiger partial charge < -0.3 is 0 Å². The first-order valence-corrected chi connectivity index (χ1v) is 50.2. The second kappa shape index (κ2) is 36.2. The lowest BCUT2D eigenvalue weighted by Crippen LogP contribution is -1.91. The summed E-state index contributed by atoms with van der Waals surface area (Å²) in [4.78, 5) is 0. The van der Waals surface area contributed by atoms with E-state index in [1.807, 2.05) is 34.0 Å². The molecule has 3 aromatic heterocycles. The van der Waals surface area contributed by atoms with Crippen molar-refractivity contribution in [3.05, 3.63) is 522 Å². The Morgan fingerprint density at radius 2 is 0.371 bits per heavy atom. The molecule has 0 radical (unpaired) electrons. The van der Waals surface area contributed by atoms with E-state index in [1.54, 1.807) is 0 Å². The number of hydrogen-bond acceptors (Lipinski definition) is 3. The lowest BCUT2D eigenvalue weighted by atomic mass is 9.84. The van der Waals surface area contributed by atoms with E-state index in [2.05, 4.69) is 522 Å². The second-order valence-electron chi connectivity index (χ2n) is 36.0. The molecule has 0 nitrogen and oxygen atoms in total. The third-order valence-electron chi connectivity index (χ3n) is 28.3. The molecule has 660 valence electrons. The largest absolute Gasteiger partial charge is 0.135 e. The smallest absolute Gasteiger partial charge is 0.0434 e. The summed E-state index contributed by atoms with van der Waals surface area (Å²) in [5.41, 5.74) is 30.5. The minimum absolute atomic E-state index is 1.23. The van der Waals surface area contributed by atoms with E-state index in [9.17, 15) is 0 Å². The van der Waals surface area contributed by atoms with Gasteiger partial charge in [0.05, 0.1) is 0 Å². The zero-order valence-corrected chi connectivity index (χ0v) is 79.3. The summed E-state index contributed by atoms with van der Waals surface area (Å²) in [6.45, 7) is 0. The lowest BCUT2D eigenvalue weighted by Gasteiger charge is -2.19. The van der Waals surface area contributed by atoms with Gasteiger partial charge in [0.2, 0.25) is 0 Å². The summed E-state index contributed by atoms with van der Waals surface area (Å²) in [6, 6.07) is 191. The summed E-state index contributed by atoms with van der Waals surface area (Å²) in [5, 5.41) is 25.9. The Kier molecular flexibility index (Phi) is 21.1. The van der Waals surface area contributed by atoms with Crippen molar-refractivity contribution in [1.82, 2.24) is 0 Å². The highest BCUT2D eigenvalue weighted by Crippen LogP contribution is 2.54. The number of rotatable bonds is 12. The molecule has 0 saturated heterocycles. The quantitative estimate of drug-likeness (QED) is 0.107. The molecule has 0 aliphatic heterocycles. The Hall–Kier alpha value is -17.0. The maximum absolute atomic E-state index is 5.75. The molecule has 28 aromatic rings. The zero-order chi connectivity index (χ0) is 97.8. The molecule has 0 aliphatic rings. The van der Waals surface area contributed by atoms with Crippen molar-refractivity contribution in [3.63, 3.8) is 0 Å². The Morgan fingerprint density at radius 1 is 0.143 bits per heavy atom. The third-order valence-corrected chi connectivity index (χ3v) is 31.8. The zero-order valence-electron chi connectivity index (χ0n) is 81.9. The van der Waals surface area contributed by atoms with E-state index in [1.165, 1.54) is 277 Å². The molecule has 0 N–H and O–H groups in total. The predicted octanol–water partition coefficient (Wildman–Crippen LogP) is 41.4. The molecule has 0 aliphatic carbocycles. The summed E-state index contributed by atoms with van der Waals surface area (Å²) < 4.78 is 33.7. The van der Waals surface area contributed by atoms with Gasteiger partial charge in [0, 0.05) is 73.4 Å². The molecule has 140 heavy (non-hydrogen) atoms. The van der Waals surface area contributed by atoms with Gasteiger partial charge >= 0.3 is 0 Å². The van der Waals surface area contributed by atoms with Crippen LogP contribution in [0.3, 0.4) is 0 Å². The minimum Gasteiger partial charge on any atom is -0.135 e. The SMILES string of the molecule is [2H]C.[2H][2H].[2H][2H].c1ccc(-c2c3ccccc3c(-c3ccc(-c4ccc5c(c4)sc4cccc(-c6ccccc6)c45)cc3)c3ccccc23)cc1.c1ccc(-c2ccc(-c3cccc4sc5c(-c6c7ccccc7c(-c7ccccc7)c7ccccc67)cccc5c34)cc2)cc1.c1ccc(-c2cccc3sc4c(-c5ccc(-c6c7ccccc7c(-c7cccc8ccccc78)c7ccccc67)cc5)cccc4c23)cc1. The highest BCUT2D eigenvalue weighted by atomic mass is 32.1. The number of thiophene rings is 3. The van der Waals surface area contributed by atoms with Gasteiger partial charge in [-0.05, 0) is 228 Å². The Labute approximate surface area is 833 Å². The number of hydrogen-bond donors (Lipinski definition) is 0. The molecule has 0 fully saturated rings. The molecular weight excluding hydrogens is 1740 g/mol. The highest BCUT2D eigenvalue weighted by molar-refractivity contribution is 7.27. The molecule has 3 heterocycles. The first-order valence-electron chi connectivity index (χ1n) is 50.7. The van der Waals surface area contributed by atoms with Crippen LogP contribution < -0.4 is 0 Å². The molecule has 0 unspecified atom stereocenters. The molecule has 25 aromatic carbocycles. The summed E-state index contributed by atoms with van der Waals surface area (Å²) in [5.74, 6) is 0. The average Bonchev–Trinajstić information content (AvgIpc) is 1.35. The Bertz CT molecular complexity index is 9490. The van der Waals surface area contributed by atoms with Crippen molar-refractivity contribution < 1.29 is 7.31 Å². The maximum atomic E-state index is 5.75. The standard InChI is InChI=1S/C48H30S.2C44H28S.CH4.2H2/c1-2-13-32(14-3-1)36-22-12-26-44-47(36)43-25-11-23-37(48(43)49-44)33-27-29-34(30-28-33)45-39-18-6-8-20-41(39)46(42-21-9-7-19-40(42)45)38-24-10-16-31-15-4-5-17-35(31)38;1-3-13-29(14-4-1)30-25-27-31(28-26-30)33-21-12-24-40-43(33)39-23-11-22-38(44(39)45-40)42-36-19-9-7-17-34(36)41(32-15-5-2-6-16-32)35-18-8-10-20-37(35)42;1-3-12-30(13-4-1)34-20-11-21-40-44(34)39-27-26-33(28-41(39)45-40)29-22-24-32(25-23-29)43-37-18-9-7-16-35(37)42(31-14-5-2-6-15-31)36-17-8-10-19-38(36)43;;;/h1-30H;2*1-28H;1H4;2*1H/i;;;1D;2*1+1D. The van der Waals surface area contributed by atoms with Gasteiger partial charge in [-0.25, -0.2) is 0 Å². The van der Waals surface area contributed by atoms with Crippen LogP contribution in [-0.2, 0) is 0 Å². The summed E-state index contributed by atoms with van der Waals surface area (Å²) >= 11 is 5.69. The Morgan fingerprint density at radius 3 is 0.779 bits per heavy atom. The monoisotopic (exact) mass is 1840 g/mol. The van der Waals surface area contributed by atoms with Gasteiger partial charge in [0.25, 0.3) is 0 Å². The van der Waals surface area contributed by atoms with Crippen LogP contribution in [0.2, 0.25) is 0 Å². The predicted molar refractivity (Wildman–Crippen MR) is 617 cm³/mol. The van der Waals surface area contributed by atoms with E-state index in [4.69, 9.17) is 7.31 Å². The van der Waals surface area contributed by atoms with Crippen LogP contribution in [0, 0.1) is 0 Å².